The standard InChI is InChI=1S/C10H19NO2.CH3Cl/c1-5-11(6-2)7-8-13-10(12)9(3)4;1-2/h3,5-8H2,1-2,4H3;1H3. The quantitative estimate of drug-likeness (QED) is 0.402. The molecule has 0 heterocycles. The highest BCUT2D eigenvalue weighted by molar-refractivity contribution is 6.15. The van der Waals surface area contributed by atoms with Gasteiger partial charge in [0.1, 0.15) is 6.61 Å². The smallest absolute Gasteiger partial charge is 0.333 e. The molecule has 0 aromatic heterocycles. The van der Waals surface area contributed by atoms with E-state index in [9.17, 15) is 4.79 Å². The minimum Gasteiger partial charge on any atom is -0.461 e. The molecule has 0 bridgehead atoms. The summed E-state index contributed by atoms with van der Waals surface area (Å²) in [6.45, 7) is 12.6. The van der Waals surface area contributed by atoms with Crippen LogP contribution in [0, 0.1) is 0 Å². The minimum atomic E-state index is -0.299. The molecule has 0 saturated carbocycles. The van der Waals surface area contributed by atoms with E-state index in [2.05, 4.69) is 36.9 Å². The van der Waals surface area contributed by atoms with Crippen molar-refractivity contribution in [3.8, 4) is 0 Å². The summed E-state index contributed by atoms with van der Waals surface area (Å²) < 4.78 is 4.96. The third kappa shape index (κ3) is 9.76. The van der Waals surface area contributed by atoms with Crippen molar-refractivity contribution in [2.75, 3.05) is 32.6 Å². The summed E-state index contributed by atoms with van der Waals surface area (Å²) >= 11 is 4.64. The highest BCUT2D eigenvalue weighted by atomic mass is 35.5. The van der Waals surface area contributed by atoms with Gasteiger partial charge in [-0.15, -0.1) is 11.6 Å². The molecule has 0 atom stereocenters. The maximum Gasteiger partial charge on any atom is 0.333 e. The van der Waals surface area contributed by atoms with E-state index in [4.69, 9.17) is 4.74 Å². The lowest BCUT2D eigenvalue weighted by Crippen LogP contribution is -2.27. The molecule has 0 aliphatic rings. The number of ether oxygens (including phenoxy) is 1. The van der Waals surface area contributed by atoms with E-state index < -0.39 is 0 Å². The Bertz CT molecular complexity index is 179. The van der Waals surface area contributed by atoms with Gasteiger partial charge in [0.05, 0.1) is 0 Å². The Morgan fingerprint density at radius 2 is 1.80 bits per heavy atom. The fraction of sp³-hybridized carbons (Fsp3) is 0.727. The highest BCUT2D eigenvalue weighted by Gasteiger charge is 2.04. The first-order valence-electron chi connectivity index (χ1n) is 5.04. The van der Waals surface area contributed by atoms with Crippen molar-refractivity contribution < 1.29 is 9.53 Å². The van der Waals surface area contributed by atoms with E-state index in [1.807, 2.05) is 0 Å². The Labute approximate surface area is 98.0 Å². The van der Waals surface area contributed by atoms with Crippen LogP contribution in [0.4, 0.5) is 0 Å². The van der Waals surface area contributed by atoms with E-state index in [1.54, 1.807) is 6.92 Å². The SMILES string of the molecule is C=C(C)C(=O)OCCN(CC)CC.CCl. The summed E-state index contributed by atoms with van der Waals surface area (Å²) in [6.07, 6.45) is 1.47. The molecule has 4 heteroatoms. The molecule has 0 saturated heterocycles. The summed E-state index contributed by atoms with van der Waals surface area (Å²) in [5.41, 5.74) is 0.458. The number of alkyl halides is 1. The number of carbonyl (C=O) groups is 1. The van der Waals surface area contributed by atoms with Crippen molar-refractivity contribution in [3.05, 3.63) is 12.2 Å². The number of hydrogen-bond acceptors (Lipinski definition) is 3. The molecule has 0 amide bonds. The van der Waals surface area contributed by atoms with Gasteiger partial charge in [0, 0.05) is 18.5 Å². The molecule has 0 unspecified atom stereocenters. The number of hydrogen-bond donors (Lipinski definition) is 0. The van der Waals surface area contributed by atoms with Crippen LogP contribution in [0.1, 0.15) is 20.8 Å². The number of esters is 1. The van der Waals surface area contributed by atoms with Crippen molar-refractivity contribution in [1.82, 2.24) is 4.90 Å². The molecular weight excluding hydrogens is 214 g/mol. The van der Waals surface area contributed by atoms with Crippen molar-refractivity contribution in [1.29, 1.82) is 0 Å². The van der Waals surface area contributed by atoms with Crippen LogP contribution in [-0.4, -0.2) is 43.5 Å². The summed E-state index contributed by atoms with van der Waals surface area (Å²) in [7, 11) is 0. The summed E-state index contributed by atoms with van der Waals surface area (Å²) in [5.74, 6) is -0.299. The molecule has 15 heavy (non-hydrogen) atoms. The van der Waals surface area contributed by atoms with Gasteiger partial charge >= 0.3 is 5.97 Å². The number of carbonyl (C=O) groups excluding carboxylic acids is 1. The number of halogens is 1. The molecule has 0 spiro atoms. The van der Waals surface area contributed by atoms with E-state index in [0.717, 1.165) is 19.6 Å². The maximum atomic E-state index is 11.0. The predicted octanol–water partition coefficient (Wildman–Crippen LogP) is 2.30. The molecule has 0 fully saturated rings. The Balaban J connectivity index is 0. The van der Waals surface area contributed by atoms with Crippen LogP contribution < -0.4 is 0 Å². The Morgan fingerprint density at radius 1 is 1.33 bits per heavy atom. The third-order valence-electron chi connectivity index (χ3n) is 1.88. The third-order valence-corrected chi connectivity index (χ3v) is 1.88. The average Bonchev–Trinajstić information content (AvgIpc) is 2.26. The first kappa shape index (κ1) is 16.9. The molecule has 0 aliphatic carbocycles. The number of likely N-dealkylation sites (N-methyl/N-ethyl adjacent to an activating group) is 1. The lowest BCUT2D eigenvalue weighted by atomic mass is 10.4. The summed E-state index contributed by atoms with van der Waals surface area (Å²) in [5, 5.41) is 0. The normalized spacial score (nSPS) is 9.20. The molecule has 0 aromatic carbocycles. The van der Waals surface area contributed by atoms with Crippen LogP contribution in [0.5, 0.6) is 0 Å². The highest BCUT2D eigenvalue weighted by Crippen LogP contribution is 1.93. The zero-order chi connectivity index (χ0) is 12.3. The largest absolute Gasteiger partial charge is 0.461 e. The number of nitrogens with zero attached hydrogens (tertiary/aromatic N) is 1. The summed E-state index contributed by atoms with van der Waals surface area (Å²) in [4.78, 5) is 13.2. The van der Waals surface area contributed by atoms with Gasteiger partial charge in [0.15, 0.2) is 0 Å². The molecular formula is C11H22ClNO2. The minimum absolute atomic E-state index is 0.299. The average molecular weight is 236 g/mol. The van der Waals surface area contributed by atoms with Crippen molar-refractivity contribution in [2.24, 2.45) is 0 Å². The van der Waals surface area contributed by atoms with Crippen molar-refractivity contribution in [2.45, 2.75) is 20.8 Å². The van der Waals surface area contributed by atoms with Gasteiger partial charge in [-0.25, -0.2) is 4.79 Å². The second-order valence-electron chi connectivity index (χ2n) is 2.94. The Hall–Kier alpha value is -0.540. The molecule has 0 N–H and O–H groups in total. The number of rotatable bonds is 6. The van der Waals surface area contributed by atoms with E-state index in [1.165, 1.54) is 6.38 Å². The van der Waals surface area contributed by atoms with Gasteiger partial charge in [-0.05, 0) is 20.0 Å². The predicted molar refractivity (Wildman–Crippen MR) is 65.3 cm³/mol. The van der Waals surface area contributed by atoms with Gasteiger partial charge < -0.3 is 9.64 Å². The van der Waals surface area contributed by atoms with Crippen molar-refractivity contribution in [3.63, 3.8) is 0 Å². The fourth-order valence-corrected chi connectivity index (χ4v) is 0.930. The first-order chi connectivity index (χ1) is 7.11. The van der Waals surface area contributed by atoms with Crippen LogP contribution in [-0.2, 0) is 9.53 Å². The van der Waals surface area contributed by atoms with Crippen LogP contribution in [0.2, 0.25) is 0 Å². The molecule has 0 aliphatic heterocycles. The lowest BCUT2D eigenvalue weighted by molar-refractivity contribution is -0.139. The first-order valence-corrected chi connectivity index (χ1v) is 5.80. The van der Waals surface area contributed by atoms with E-state index >= 15 is 0 Å². The monoisotopic (exact) mass is 235 g/mol. The van der Waals surface area contributed by atoms with E-state index in [0.29, 0.717) is 12.2 Å². The van der Waals surface area contributed by atoms with Crippen molar-refractivity contribution >= 4 is 17.6 Å². The molecule has 0 radical (unpaired) electrons. The molecule has 3 nitrogen and oxygen atoms in total. The van der Waals surface area contributed by atoms with Crippen LogP contribution in [0.25, 0.3) is 0 Å². The van der Waals surface area contributed by atoms with Gasteiger partial charge in [-0.2, -0.15) is 0 Å². The molecule has 0 aromatic rings. The topological polar surface area (TPSA) is 29.5 Å². The van der Waals surface area contributed by atoms with Crippen LogP contribution >= 0.6 is 11.6 Å². The van der Waals surface area contributed by atoms with Gasteiger partial charge in [0.2, 0.25) is 0 Å². The second-order valence-corrected chi connectivity index (χ2v) is 2.94. The van der Waals surface area contributed by atoms with E-state index in [-0.39, 0.29) is 5.97 Å². The molecule has 0 rings (SSSR count). The van der Waals surface area contributed by atoms with Gasteiger partial charge in [-0.3, -0.25) is 0 Å². The second kappa shape index (κ2) is 11.5. The zero-order valence-corrected chi connectivity index (χ0v) is 10.9. The van der Waals surface area contributed by atoms with Gasteiger partial charge in [0.25, 0.3) is 0 Å². The van der Waals surface area contributed by atoms with Crippen LogP contribution in [0.15, 0.2) is 12.2 Å². The zero-order valence-electron chi connectivity index (χ0n) is 10.2. The fourth-order valence-electron chi connectivity index (χ4n) is 0.930. The lowest BCUT2D eigenvalue weighted by Gasteiger charge is -2.17. The maximum absolute atomic E-state index is 11.0. The molecule has 90 valence electrons. The Kier molecular flexibility index (Phi) is 13.0. The summed E-state index contributed by atoms with van der Waals surface area (Å²) in [6, 6.07) is 0. The Morgan fingerprint density at radius 3 is 2.13 bits per heavy atom. The van der Waals surface area contributed by atoms with Gasteiger partial charge in [-0.1, -0.05) is 20.4 Å². The van der Waals surface area contributed by atoms with Crippen LogP contribution in [0.3, 0.4) is 0 Å².